The molecule has 0 aliphatic heterocycles. The molecular formula is C9H10F3N3O. The van der Waals surface area contributed by atoms with Crippen LogP contribution in [0.1, 0.15) is 11.3 Å². The van der Waals surface area contributed by atoms with Crippen LogP contribution in [0.15, 0.2) is 18.3 Å². The second-order valence-corrected chi connectivity index (χ2v) is 3.03. The second kappa shape index (κ2) is 4.93. The summed E-state index contributed by atoms with van der Waals surface area (Å²) in [6, 6.07) is 3.05. The van der Waals surface area contributed by atoms with Crippen LogP contribution in [0.2, 0.25) is 0 Å². The molecule has 16 heavy (non-hydrogen) atoms. The van der Waals surface area contributed by atoms with Gasteiger partial charge >= 0.3 is 6.18 Å². The fraction of sp³-hybridized carbons (Fsp3) is 0.333. The van der Waals surface area contributed by atoms with Crippen molar-refractivity contribution in [1.29, 1.82) is 5.41 Å². The number of hydrogen-bond donors (Lipinski definition) is 2. The summed E-state index contributed by atoms with van der Waals surface area (Å²) < 4.78 is 39.9. The summed E-state index contributed by atoms with van der Waals surface area (Å²) in [7, 11) is 0. The second-order valence-electron chi connectivity index (χ2n) is 3.03. The van der Waals surface area contributed by atoms with Gasteiger partial charge in [-0.1, -0.05) is 6.07 Å². The predicted octanol–water partition coefficient (Wildman–Crippen LogP) is 1.44. The van der Waals surface area contributed by atoms with Gasteiger partial charge in [0.2, 0.25) is 0 Å². The van der Waals surface area contributed by atoms with E-state index in [1.807, 2.05) is 0 Å². The summed E-state index contributed by atoms with van der Waals surface area (Å²) in [4.78, 5) is 3.78. The van der Waals surface area contributed by atoms with Crippen LogP contribution in [-0.2, 0) is 11.3 Å². The lowest BCUT2D eigenvalue weighted by Gasteiger charge is -2.09. The molecule has 0 spiro atoms. The lowest BCUT2D eigenvalue weighted by Crippen LogP contribution is -2.19. The minimum atomic E-state index is -4.36. The molecular weight excluding hydrogens is 223 g/mol. The third-order valence-electron chi connectivity index (χ3n) is 1.67. The number of amidine groups is 1. The molecule has 4 nitrogen and oxygen atoms in total. The number of nitrogens with zero attached hydrogens (tertiary/aromatic N) is 1. The van der Waals surface area contributed by atoms with Gasteiger partial charge in [-0.2, -0.15) is 13.2 Å². The fourth-order valence-electron chi connectivity index (χ4n) is 1.07. The van der Waals surface area contributed by atoms with E-state index in [-0.39, 0.29) is 18.1 Å². The molecule has 0 saturated heterocycles. The zero-order chi connectivity index (χ0) is 12.2. The Bertz CT molecular complexity index is 379. The van der Waals surface area contributed by atoms with Gasteiger partial charge < -0.3 is 10.5 Å². The Labute approximate surface area is 89.7 Å². The Morgan fingerprint density at radius 3 is 2.75 bits per heavy atom. The maximum atomic E-state index is 11.8. The molecule has 1 aromatic rings. The third-order valence-corrected chi connectivity index (χ3v) is 1.67. The first-order chi connectivity index (χ1) is 7.40. The van der Waals surface area contributed by atoms with Crippen molar-refractivity contribution >= 4 is 5.84 Å². The van der Waals surface area contributed by atoms with Crippen LogP contribution in [-0.4, -0.2) is 23.6 Å². The molecule has 0 unspecified atom stereocenters. The lowest BCUT2D eigenvalue weighted by molar-refractivity contribution is -0.176. The number of aromatic nitrogens is 1. The monoisotopic (exact) mass is 233 g/mol. The highest BCUT2D eigenvalue weighted by Crippen LogP contribution is 2.16. The number of hydrogen-bond acceptors (Lipinski definition) is 3. The van der Waals surface area contributed by atoms with Gasteiger partial charge in [0.1, 0.15) is 18.1 Å². The molecule has 0 bridgehead atoms. The Balaban J connectivity index is 2.64. The molecule has 0 radical (unpaired) electrons. The first-order valence-electron chi connectivity index (χ1n) is 4.33. The highest BCUT2D eigenvalue weighted by Gasteiger charge is 2.27. The number of ether oxygens (including phenoxy) is 1. The largest absolute Gasteiger partial charge is 0.411 e. The number of halogens is 3. The summed E-state index contributed by atoms with van der Waals surface area (Å²) >= 11 is 0. The van der Waals surface area contributed by atoms with Crippen LogP contribution >= 0.6 is 0 Å². The Morgan fingerprint density at radius 2 is 2.19 bits per heavy atom. The van der Waals surface area contributed by atoms with Gasteiger partial charge in [-0.05, 0) is 6.07 Å². The van der Waals surface area contributed by atoms with Crippen molar-refractivity contribution in [3.8, 4) is 0 Å². The summed E-state index contributed by atoms with van der Waals surface area (Å²) in [5, 5.41) is 7.17. The molecule has 3 N–H and O–H groups in total. The number of pyridine rings is 1. The zero-order valence-corrected chi connectivity index (χ0v) is 8.21. The van der Waals surface area contributed by atoms with Crippen molar-refractivity contribution < 1.29 is 17.9 Å². The summed E-state index contributed by atoms with van der Waals surface area (Å²) in [6.07, 6.45) is -2.96. The molecule has 0 atom stereocenters. The van der Waals surface area contributed by atoms with E-state index in [1.54, 1.807) is 6.07 Å². The lowest BCUT2D eigenvalue weighted by atomic mass is 10.2. The fourth-order valence-corrected chi connectivity index (χ4v) is 1.07. The number of rotatable bonds is 4. The zero-order valence-electron chi connectivity index (χ0n) is 8.21. The van der Waals surface area contributed by atoms with Crippen molar-refractivity contribution in [2.45, 2.75) is 12.8 Å². The van der Waals surface area contributed by atoms with Crippen LogP contribution in [0.5, 0.6) is 0 Å². The number of nitrogens with two attached hydrogens (primary N) is 1. The van der Waals surface area contributed by atoms with E-state index in [2.05, 4.69) is 9.72 Å². The van der Waals surface area contributed by atoms with Crippen LogP contribution in [0.4, 0.5) is 13.2 Å². The predicted molar refractivity (Wildman–Crippen MR) is 51.0 cm³/mol. The molecule has 1 heterocycles. The maximum absolute atomic E-state index is 11.8. The van der Waals surface area contributed by atoms with Gasteiger partial charge in [-0.3, -0.25) is 10.4 Å². The van der Waals surface area contributed by atoms with Gasteiger partial charge in [-0.25, -0.2) is 0 Å². The van der Waals surface area contributed by atoms with Gasteiger partial charge in [0, 0.05) is 11.8 Å². The average Bonchev–Trinajstić information content (AvgIpc) is 2.16. The molecule has 0 fully saturated rings. The van der Waals surface area contributed by atoms with Gasteiger partial charge in [0.25, 0.3) is 0 Å². The molecule has 1 rings (SSSR count). The van der Waals surface area contributed by atoms with Crippen LogP contribution in [0.25, 0.3) is 0 Å². The third kappa shape index (κ3) is 3.85. The Morgan fingerprint density at radius 1 is 1.50 bits per heavy atom. The van der Waals surface area contributed by atoms with Crippen molar-refractivity contribution in [3.05, 3.63) is 29.6 Å². The van der Waals surface area contributed by atoms with E-state index in [9.17, 15) is 13.2 Å². The van der Waals surface area contributed by atoms with Crippen molar-refractivity contribution in [2.24, 2.45) is 5.73 Å². The van der Waals surface area contributed by atoms with Gasteiger partial charge in [0.15, 0.2) is 0 Å². The van der Waals surface area contributed by atoms with Gasteiger partial charge in [-0.15, -0.1) is 0 Å². The van der Waals surface area contributed by atoms with Crippen molar-refractivity contribution in [2.75, 3.05) is 6.61 Å². The first-order valence-corrected chi connectivity index (χ1v) is 4.33. The van der Waals surface area contributed by atoms with Crippen LogP contribution in [0, 0.1) is 5.41 Å². The minimum absolute atomic E-state index is 0.143. The summed E-state index contributed by atoms with van der Waals surface area (Å²) in [5.41, 5.74) is 5.72. The smallest absolute Gasteiger partial charge is 0.382 e. The van der Waals surface area contributed by atoms with Crippen LogP contribution in [0.3, 0.4) is 0 Å². The highest BCUT2D eigenvalue weighted by molar-refractivity contribution is 5.94. The van der Waals surface area contributed by atoms with Crippen molar-refractivity contribution in [1.82, 2.24) is 4.98 Å². The van der Waals surface area contributed by atoms with Gasteiger partial charge in [0.05, 0.1) is 6.61 Å². The summed E-state index contributed by atoms with van der Waals surface area (Å²) in [5.74, 6) is -0.300. The first kappa shape index (κ1) is 12.4. The molecule has 0 aromatic carbocycles. The standard InChI is InChI=1S/C9H10F3N3O/c10-9(11,12)5-16-4-6-2-1-3-15-7(6)8(13)14/h1-3H,4-5H2,(H3,13,14). The molecule has 0 saturated carbocycles. The normalized spacial score (nSPS) is 11.4. The SMILES string of the molecule is N=C(N)c1ncccc1COCC(F)(F)F. The number of alkyl halides is 3. The maximum Gasteiger partial charge on any atom is 0.411 e. The molecule has 0 aliphatic rings. The number of nitrogens with one attached hydrogen (secondary N) is 1. The van der Waals surface area contributed by atoms with E-state index < -0.39 is 12.8 Å². The Hall–Kier alpha value is -1.63. The molecule has 88 valence electrons. The van der Waals surface area contributed by atoms with Crippen molar-refractivity contribution in [3.63, 3.8) is 0 Å². The molecule has 0 amide bonds. The van der Waals surface area contributed by atoms with E-state index in [0.29, 0.717) is 5.56 Å². The number of nitrogen functional groups attached to an aromatic ring is 1. The van der Waals surface area contributed by atoms with Crippen LogP contribution < -0.4 is 5.73 Å². The van der Waals surface area contributed by atoms with E-state index >= 15 is 0 Å². The van der Waals surface area contributed by atoms with E-state index in [4.69, 9.17) is 11.1 Å². The topological polar surface area (TPSA) is 72.0 Å². The molecule has 0 aliphatic carbocycles. The summed E-state index contributed by atoms with van der Waals surface area (Å²) in [6.45, 7) is -1.61. The molecule has 7 heteroatoms. The highest BCUT2D eigenvalue weighted by atomic mass is 19.4. The molecule has 1 aromatic heterocycles. The minimum Gasteiger partial charge on any atom is -0.382 e. The Kier molecular flexibility index (Phi) is 3.83. The van der Waals surface area contributed by atoms with E-state index in [1.165, 1.54) is 12.3 Å². The quantitative estimate of drug-likeness (QED) is 0.610. The average molecular weight is 233 g/mol. The van der Waals surface area contributed by atoms with E-state index in [0.717, 1.165) is 0 Å².